The van der Waals surface area contributed by atoms with Crippen molar-refractivity contribution in [3.8, 4) is 0 Å². The van der Waals surface area contributed by atoms with E-state index in [9.17, 15) is 13.2 Å². The van der Waals surface area contributed by atoms with E-state index in [1.54, 1.807) is 4.68 Å². The molecule has 2 aromatic heterocycles. The van der Waals surface area contributed by atoms with Crippen LogP contribution in [-0.2, 0) is 26.8 Å². The monoisotopic (exact) mass is 287 g/mol. The first-order valence-corrected chi connectivity index (χ1v) is 6.10. The topological polar surface area (TPSA) is 47.7 Å². The van der Waals surface area contributed by atoms with Gasteiger partial charge in [0.15, 0.2) is 5.69 Å². The minimum atomic E-state index is -4.41. The molecule has 1 atom stereocenters. The highest BCUT2D eigenvalue weighted by molar-refractivity contribution is 5.13. The van der Waals surface area contributed by atoms with Crippen LogP contribution in [0.25, 0.3) is 0 Å². The Morgan fingerprint density at radius 3 is 2.50 bits per heavy atom. The molecule has 2 aromatic rings. The fraction of sp³-hybridized carbons (Fsp3) is 0.500. The summed E-state index contributed by atoms with van der Waals surface area (Å²) < 4.78 is 40.5. The minimum absolute atomic E-state index is 0.0552. The fourth-order valence-corrected chi connectivity index (χ4v) is 1.84. The van der Waals surface area contributed by atoms with E-state index in [4.69, 9.17) is 0 Å². The molecule has 1 unspecified atom stereocenters. The van der Waals surface area contributed by atoms with Crippen LogP contribution in [0.5, 0.6) is 0 Å². The lowest BCUT2D eigenvalue weighted by atomic mass is 10.2. The standard InChI is InChI=1S/C12H16F3N5/c1-8(10-4-5-19(2)17-10)16-7-9-6-11(12(13,14)15)18-20(9)3/h4-6,8,16H,7H2,1-3H3. The molecule has 0 saturated carbocycles. The molecule has 5 nitrogen and oxygen atoms in total. The van der Waals surface area contributed by atoms with Gasteiger partial charge in [0.1, 0.15) is 0 Å². The Balaban J connectivity index is 2.02. The highest BCUT2D eigenvalue weighted by Crippen LogP contribution is 2.28. The van der Waals surface area contributed by atoms with Crippen LogP contribution in [0.3, 0.4) is 0 Å². The molecule has 1 N–H and O–H groups in total. The van der Waals surface area contributed by atoms with Crippen molar-refractivity contribution in [1.82, 2.24) is 24.9 Å². The molecule has 0 aliphatic carbocycles. The van der Waals surface area contributed by atoms with Crippen LogP contribution in [0.4, 0.5) is 13.2 Å². The van der Waals surface area contributed by atoms with Gasteiger partial charge in [-0.25, -0.2) is 0 Å². The maximum Gasteiger partial charge on any atom is 0.435 e. The van der Waals surface area contributed by atoms with E-state index in [1.165, 1.54) is 11.7 Å². The summed E-state index contributed by atoms with van der Waals surface area (Å²) in [5.41, 5.74) is 0.438. The van der Waals surface area contributed by atoms with Gasteiger partial charge in [-0.1, -0.05) is 0 Å². The number of alkyl halides is 3. The van der Waals surface area contributed by atoms with Crippen LogP contribution in [0.1, 0.15) is 30.0 Å². The van der Waals surface area contributed by atoms with E-state index in [1.807, 2.05) is 26.2 Å². The predicted molar refractivity (Wildman–Crippen MR) is 66.7 cm³/mol. The number of rotatable bonds is 4. The van der Waals surface area contributed by atoms with Crippen LogP contribution >= 0.6 is 0 Å². The van der Waals surface area contributed by atoms with E-state index in [0.717, 1.165) is 11.8 Å². The highest BCUT2D eigenvalue weighted by atomic mass is 19.4. The summed E-state index contributed by atoms with van der Waals surface area (Å²) in [6.07, 6.45) is -2.60. The van der Waals surface area contributed by atoms with E-state index in [0.29, 0.717) is 5.69 Å². The SMILES string of the molecule is CC(NCc1cc(C(F)(F)F)nn1C)c1ccn(C)n1. The average molecular weight is 287 g/mol. The van der Waals surface area contributed by atoms with Crippen LogP contribution in [-0.4, -0.2) is 19.6 Å². The number of aromatic nitrogens is 4. The summed E-state index contributed by atoms with van der Waals surface area (Å²) in [6, 6.07) is 2.86. The molecule has 20 heavy (non-hydrogen) atoms. The third-order valence-corrected chi connectivity index (χ3v) is 3.03. The van der Waals surface area contributed by atoms with Crippen molar-refractivity contribution >= 4 is 0 Å². The van der Waals surface area contributed by atoms with E-state index >= 15 is 0 Å². The Hall–Kier alpha value is -1.83. The van der Waals surface area contributed by atoms with Gasteiger partial charge in [-0.15, -0.1) is 0 Å². The van der Waals surface area contributed by atoms with Crippen LogP contribution < -0.4 is 5.32 Å². The van der Waals surface area contributed by atoms with Crippen molar-refractivity contribution in [2.75, 3.05) is 0 Å². The maximum atomic E-state index is 12.5. The summed E-state index contributed by atoms with van der Waals surface area (Å²) in [5, 5.41) is 10.8. The fourth-order valence-electron chi connectivity index (χ4n) is 1.84. The zero-order valence-electron chi connectivity index (χ0n) is 11.4. The second-order valence-corrected chi connectivity index (χ2v) is 4.66. The van der Waals surface area contributed by atoms with E-state index in [2.05, 4.69) is 15.5 Å². The summed E-state index contributed by atoms with van der Waals surface area (Å²) in [6.45, 7) is 2.20. The zero-order chi connectivity index (χ0) is 14.9. The molecule has 0 aliphatic heterocycles. The van der Waals surface area contributed by atoms with Crippen LogP contribution in [0, 0.1) is 0 Å². The van der Waals surface area contributed by atoms with Gasteiger partial charge in [0.2, 0.25) is 0 Å². The van der Waals surface area contributed by atoms with Gasteiger partial charge in [0.05, 0.1) is 11.4 Å². The molecular formula is C12H16F3N5. The first-order valence-electron chi connectivity index (χ1n) is 6.10. The lowest BCUT2D eigenvalue weighted by molar-refractivity contribution is -0.141. The number of hydrogen-bond acceptors (Lipinski definition) is 3. The van der Waals surface area contributed by atoms with Gasteiger partial charge in [0.25, 0.3) is 0 Å². The summed E-state index contributed by atoms with van der Waals surface area (Å²) in [4.78, 5) is 0. The van der Waals surface area contributed by atoms with Crippen molar-refractivity contribution < 1.29 is 13.2 Å². The second kappa shape index (κ2) is 5.28. The van der Waals surface area contributed by atoms with Crippen molar-refractivity contribution in [3.63, 3.8) is 0 Å². The quantitative estimate of drug-likeness (QED) is 0.936. The largest absolute Gasteiger partial charge is 0.435 e. The van der Waals surface area contributed by atoms with Gasteiger partial charge in [-0.3, -0.25) is 9.36 Å². The van der Waals surface area contributed by atoms with Gasteiger partial charge in [-0.05, 0) is 19.1 Å². The molecule has 0 aromatic carbocycles. The highest BCUT2D eigenvalue weighted by Gasteiger charge is 2.34. The maximum absolute atomic E-state index is 12.5. The lowest BCUT2D eigenvalue weighted by Gasteiger charge is -2.11. The molecule has 2 rings (SSSR count). The van der Waals surface area contributed by atoms with Crippen LogP contribution in [0.2, 0.25) is 0 Å². The smallest absolute Gasteiger partial charge is 0.303 e. The molecule has 2 heterocycles. The minimum Gasteiger partial charge on any atom is -0.303 e. The lowest BCUT2D eigenvalue weighted by Crippen LogP contribution is -2.20. The van der Waals surface area contributed by atoms with E-state index < -0.39 is 11.9 Å². The predicted octanol–water partition coefficient (Wildman–Crippen LogP) is 2.02. The first kappa shape index (κ1) is 14.6. The Morgan fingerprint density at radius 2 is 2.00 bits per heavy atom. The van der Waals surface area contributed by atoms with Gasteiger partial charge in [0, 0.05) is 32.9 Å². The van der Waals surface area contributed by atoms with Crippen molar-refractivity contribution in [2.45, 2.75) is 25.7 Å². The van der Waals surface area contributed by atoms with Crippen molar-refractivity contribution in [2.24, 2.45) is 14.1 Å². The number of halogens is 3. The molecule has 0 saturated heterocycles. The number of aryl methyl sites for hydroxylation is 2. The second-order valence-electron chi connectivity index (χ2n) is 4.66. The number of nitrogens with zero attached hydrogens (tertiary/aromatic N) is 4. The Bertz CT molecular complexity index is 584. The third kappa shape index (κ3) is 3.19. The van der Waals surface area contributed by atoms with Crippen molar-refractivity contribution in [3.05, 3.63) is 35.4 Å². The summed E-state index contributed by atoms with van der Waals surface area (Å²) >= 11 is 0. The molecule has 0 fully saturated rings. The number of hydrogen-bond donors (Lipinski definition) is 1. The molecule has 0 spiro atoms. The van der Waals surface area contributed by atoms with Crippen LogP contribution in [0.15, 0.2) is 18.3 Å². The van der Waals surface area contributed by atoms with Gasteiger partial charge >= 0.3 is 6.18 Å². The van der Waals surface area contributed by atoms with Gasteiger partial charge in [-0.2, -0.15) is 23.4 Å². The first-order chi connectivity index (χ1) is 9.27. The van der Waals surface area contributed by atoms with Crippen molar-refractivity contribution in [1.29, 1.82) is 0 Å². The molecular weight excluding hydrogens is 271 g/mol. The molecule has 110 valence electrons. The third-order valence-electron chi connectivity index (χ3n) is 3.03. The Morgan fingerprint density at radius 1 is 1.30 bits per heavy atom. The van der Waals surface area contributed by atoms with E-state index in [-0.39, 0.29) is 12.6 Å². The Kier molecular flexibility index (Phi) is 3.85. The normalized spacial score (nSPS) is 13.7. The molecule has 8 heteroatoms. The number of nitrogens with one attached hydrogen (secondary N) is 1. The summed E-state index contributed by atoms with van der Waals surface area (Å²) in [5.74, 6) is 0. The summed E-state index contributed by atoms with van der Waals surface area (Å²) in [7, 11) is 3.31. The molecule has 0 radical (unpaired) electrons. The average Bonchev–Trinajstić information content (AvgIpc) is 2.92. The van der Waals surface area contributed by atoms with Gasteiger partial charge < -0.3 is 5.32 Å². The molecule has 0 bridgehead atoms. The molecule has 0 aliphatic rings. The zero-order valence-corrected chi connectivity index (χ0v) is 11.4. The Labute approximate surface area is 114 Å². The molecule has 0 amide bonds.